The molecule has 1 aromatic carbocycles. The fraction of sp³-hybridized carbons (Fsp3) is 0.417. The lowest BCUT2D eigenvalue weighted by Gasteiger charge is -2.09. The largest absolute Gasteiger partial charge is 0.355 e. The van der Waals surface area contributed by atoms with Crippen LogP contribution in [0.15, 0.2) is 28.7 Å². The minimum absolute atomic E-state index is 0. The van der Waals surface area contributed by atoms with Crippen molar-refractivity contribution in [2.24, 2.45) is 11.7 Å². The molecule has 3 N–H and O–H groups in total. The predicted molar refractivity (Wildman–Crippen MR) is 76.3 cm³/mol. The molecular weight excluding hydrogens is 304 g/mol. The molecule has 17 heavy (non-hydrogen) atoms. The zero-order valence-electron chi connectivity index (χ0n) is 9.78. The van der Waals surface area contributed by atoms with Gasteiger partial charge < -0.3 is 11.1 Å². The number of nitrogens with two attached hydrogens (primary N) is 1. The summed E-state index contributed by atoms with van der Waals surface area (Å²) in [4.78, 5) is 11.4. The molecule has 0 aliphatic rings. The number of carbonyl (C=O) groups excluding carboxylic acids is 1. The van der Waals surface area contributed by atoms with E-state index in [1.807, 2.05) is 31.2 Å². The number of halogens is 2. The van der Waals surface area contributed by atoms with Crippen molar-refractivity contribution in [3.63, 3.8) is 0 Å². The van der Waals surface area contributed by atoms with Gasteiger partial charge >= 0.3 is 0 Å². The quantitative estimate of drug-likeness (QED) is 0.873. The Balaban J connectivity index is 0.00000256. The fourth-order valence-corrected chi connectivity index (χ4v) is 1.53. The standard InChI is InChI=1S/C12H17BrN2O.ClH/c1-9(8-14)12(16)15-7-6-10-2-4-11(13)5-3-10;/h2-5,9H,6-8,14H2,1H3,(H,15,16);1H. The van der Waals surface area contributed by atoms with Crippen molar-refractivity contribution >= 4 is 34.2 Å². The SMILES string of the molecule is CC(CN)C(=O)NCCc1ccc(Br)cc1.Cl. The van der Waals surface area contributed by atoms with E-state index in [4.69, 9.17) is 5.73 Å². The Morgan fingerprint density at radius 2 is 2.00 bits per heavy atom. The summed E-state index contributed by atoms with van der Waals surface area (Å²) in [5.41, 5.74) is 6.62. The van der Waals surface area contributed by atoms with Crippen LogP contribution >= 0.6 is 28.3 Å². The lowest BCUT2D eigenvalue weighted by Crippen LogP contribution is -2.34. The van der Waals surface area contributed by atoms with Crippen LogP contribution in [0.4, 0.5) is 0 Å². The lowest BCUT2D eigenvalue weighted by molar-refractivity contribution is -0.124. The maximum Gasteiger partial charge on any atom is 0.224 e. The normalized spacial score (nSPS) is 11.5. The zero-order valence-corrected chi connectivity index (χ0v) is 12.2. The van der Waals surface area contributed by atoms with Crippen molar-refractivity contribution in [1.82, 2.24) is 5.32 Å². The summed E-state index contributed by atoms with van der Waals surface area (Å²) in [5, 5.41) is 2.87. The van der Waals surface area contributed by atoms with Crippen molar-refractivity contribution in [3.05, 3.63) is 34.3 Å². The summed E-state index contributed by atoms with van der Waals surface area (Å²) in [5.74, 6) is -0.0791. The Bertz CT molecular complexity index is 343. The first kappa shape index (κ1) is 16.4. The molecule has 5 heteroatoms. The molecule has 0 aliphatic heterocycles. The number of hydrogen-bond acceptors (Lipinski definition) is 2. The van der Waals surface area contributed by atoms with Gasteiger partial charge in [-0.25, -0.2) is 0 Å². The van der Waals surface area contributed by atoms with Crippen LogP contribution in [0.1, 0.15) is 12.5 Å². The Labute approximate surface area is 117 Å². The molecule has 0 heterocycles. The predicted octanol–water partition coefficient (Wildman–Crippen LogP) is 2.12. The third-order valence-corrected chi connectivity index (χ3v) is 2.96. The third-order valence-electron chi connectivity index (χ3n) is 2.43. The number of rotatable bonds is 5. The van der Waals surface area contributed by atoms with Crippen molar-refractivity contribution in [2.75, 3.05) is 13.1 Å². The molecular formula is C12H18BrClN2O. The second-order valence-corrected chi connectivity index (χ2v) is 4.72. The molecule has 96 valence electrons. The topological polar surface area (TPSA) is 55.1 Å². The van der Waals surface area contributed by atoms with Crippen LogP contribution in [0.25, 0.3) is 0 Å². The van der Waals surface area contributed by atoms with Gasteiger partial charge in [0.2, 0.25) is 5.91 Å². The van der Waals surface area contributed by atoms with Gasteiger partial charge in [0.25, 0.3) is 0 Å². The number of amides is 1. The second-order valence-electron chi connectivity index (χ2n) is 3.80. The van der Waals surface area contributed by atoms with Crippen molar-refractivity contribution in [1.29, 1.82) is 0 Å². The van der Waals surface area contributed by atoms with Gasteiger partial charge in [-0.1, -0.05) is 35.0 Å². The Kier molecular flexibility index (Phi) is 8.21. The first-order valence-corrected chi connectivity index (χ1v) is 6.15. The Morgan fingerprint density at radius 3 is 2.53 bits per heavy atom. The van der Waals surface area contributed by atoms with E-state index in [9.17, 15) is 4.79 Å². The van der Waals surface area contributed by atoms with E-state index in [1.165, 1.54) is 5.56 Å². The molecule has 1 aromatic rings. The number of hydrogen-bond donors (Lipinski definition) is 2. The smallest absolute Gasteiger partial charge is 0.224 e. The summed E-state index contributed by atoms with van der Waals surface area (Å²) in [6.45, 7) is 2.88. The van der Waals surface area contributed by atoms with E-state index < -0.39 is 0 Å². The van der Waals surface area contributed by atoms with Crippen molar-refractivity contribution in [3.8, 4) is 0 Å². The molecule has 3 nitrogen and oxygen atoms in total. The highest BCUT2D eigenvalue weighted by molar-refractivity contribution is 9.10. The van der Waals surface area contributed by atoms with Gasteiger partial charge in [-0.05, 0) is 24.1 Å². The molecule has 0 saturated carbocycles. The van der Waals surface area contributed by atoms with Crippen molar-refractivity contribution in [2.45, 2.75) is 13.3 Å². The highest BCUT2D eigenvalue weighted by atomic mass is 79.9. The van der Waals surface area contributed by atoms with Crippen LogP contribution in [0.2, 0.25) is 0 Å². The molecule has 1 unspecified atom stereocenters. The molecule has 0 radical (unpaired) electrons. The van der Waals surface area contributed by atoms with Gasteiger partial charge in [-0.15, -0.1) is 12.4 Å². The van der Waals surface area contributed by atoms with Gasteiger partial charge in [0, 0.05) is 23.5 Å². The second kappa shape index (κ2) is 8.50. The van der Waals surface area contributed by atoms with Crippen LogP contribution in [-0.2, 0) is 11.2 Å². The van der Waals surface area contributed by atoms with E-state index >= 15 is 0 Å². The van der Waals surface area contributed by atoms with Gasteiger partial charge in [0.15, 0.2) is 0 Å². The molecule has 1 rings (SSSR count). The average Bonchev–Trinajstić information content (AvgIpc) is 2.30. The summed E-state index contributed by atoms with van der Waals surface area (Å²) < 4.78 is 1.07. The van der Waals surface area contributed by atoms with E-state index in [-0.39, 0.29) is 24.2 Å². The summed E-state index contributed by atoms with van der Waals surface area (Å²) in [7, 11) is 0. The highest BCUT2D eigenvalue weighted by Crippen LogP contribution is 2.10. The van der Waals surface area contributed by atoms with E-state index in [1.54, 1.807) is 0 Å². The zero-order chi connectivity index (χ0) is 12.0. The summed E-state index contributed by atoms with van der Waals surface area (Å²) >= 11 is 3.38. The van der Waals surface area contributed by atoms with Crippen LogP contribution in [0, 0.1) is 5.92 Å². The third kappa shape index (κ3) is 6.05. The van der Waals surface area contributed by atoms with Crippen molar-refractivity contribution < 1.29 is 4.79 Å². The molecule has 0 spiro atoms. The molecule has 0 aliphatic carbocycles. The molecule has 1 amide bonds. The molecule has 1 atom stereocenters. The number of nitrogens with one attached hydrogen (secondary N) is 1. The van der Waals surface area contributed by atoms with Gasteiger partial charge in [-0.2, -0.15) is 0 Å². The van der Waals surface area contributed by atoms with Gasteiger partial charge in [-0.3, -0.25) is 4.79 Å². The summed E-state index contributed by atoms with van der Waals surface area (Å²) in [6.07, 6.45) is 0.844. The Morgan fingerprint density at radius 1 is 1.41 bits per heavy atom. The minimum Gasteiger partial charge on any atom is -0.355 e. The molecule has 0 bridgehead atoms. The monoisotopic (exact) mass is 320 g/mol. The van der Waals surface area contributed by atoms with Crippen LogP contribution < -0.4 is 11.1 Å². The summed E-state index contributed by atoms with van der Waals surface area (Å²) in [6, 6.07) is 8.09. The average molecular weight is 322 g/mol. The van der Waals surface area contributed by atoms with E-state index in [2.05, 4.69) is 21.2 Å². The van der Waals surface area contributed by atoms with Gasteiger partial charge in [0.1, 0.15) is 0 Å². The maximum atomic E-state index is 11.4. The van der Waals surface area contributed by atoms with E-state index in [0.29, 0.717) is 13.1 Å². The first-order chi connectivity index (χ1) is 7.63. The first-order valence-electron chi connectivity index (χ1n) is 5.35. The Hall–Kier alpha value is -0.580. The minimum atomic E-state index is -0.107. The van der Waals surface area contributed by atoms with E-state index in [0.717, 1.165) is 10.9 Å². The van der Waals surface area contributed by atoms with Crippen LogP contribution in [0.5, 0.6) is 0 Å². The lowest BCUT2D eigenvalue weighted by atomic mass is 10.1. The molecule has 0 saturated heterocycles. The van der Waals surface area contributed by atoms with Crippen LogP contribution in [0.3, 0.4) is 0 Å². The maximum absolute atomic E-state index is 11.4. The number of carbonyl (C=O) groups is 1. The van der Waals surface area contributed by atoms with Crippen LogP contribution in [-0.4, -0.2) is 19.0 Å². The fourth-order valence-electron chi connectivity index (χ4n) is 1.26. The molecule has 0 fully saturated rings. The van der Waals surface area contributed by atoms with Gasteiger partial charge in [0.05, 0.1) is 0 Å². The highest BCUT2D eigenvalue weighted by Gasteiger charge is 2.09. The number of benzene rings is 1. The molecule has 0 aromatic heterocycles.